The van der Waals surface area contributed by atoms with Crippen molar-refractivity contribution in [2.45, 2.75) is 54.0 Å². The second-order valence-electron chi connectivity index (χ2n) is 7.54. The Morgan fingerprint density at radius 1 is 1.17 bits per heavy atom. The van der Waals surface area contributed by atoms with Crippen LogP contribution in [0.3, 0.4) is 0 Å². The van der Waals surface area contributed by atoms with E-state index in [4.69, 9.17) is 4.74 Å². The molecule has 2 unspecified atom stereocenters. The van der Waals surface area contributed by atoms with Gasteiger partial charge >= 0.3 is 0 Å². The van der Waals surface area contributed by atoms with Gasteiger partial charge in [0, 0.05) is 18.5 Å². The van der Waals surface area contributed by atoms with Gasteiger partial charge in [-0.05, 0) is 44.2 Å². The van der Waals surface area contributed by atoms with E-state index in [-0.39, 0.29) is 17.0 Å². The average molecular weight is 345 g/mol. The minimum absolute atomic E-state index is 0.0933. The Morgan fingerprint density at radius 2 is 2.00 bits per heavy atom. The summed E-state index contributed by atoms with van der Waals surface area (Å²) in [6, 6.07) is 9.07. The van der Waals surface area contributed by atoms with Crippen molar-refractivity contribution in [3.63, 3.8) is 0 Å². The van der Waals surface area contributed by atoms with E-state index >= 15 is 0 Å². The molecule has 3 fully saturated rings. The molecule has 0 N–H and O–H groups in total. The highest BCUT2D eigenvalue weighted by Gasteiger charge is 2.63. The van der Waals surface area contributed by atoms with Crippen molar-refractivity contribution >= 4 is 9.84 Å². The fraction of sp³-hybridized carbons (Fsp3) is 0.579. The molecule has 0 aromatic heterocycles. The molecule has 0 amide bonds. The SMILES string of the molecule is O=S(=O)(c1ccccc1)C1CC2=CCOC34CCCCN3[C@H]1C[C@H]24. The standard InChI is InChI=1S/C19H23NO3S/c21-24(22,15-6-2-1-3-7-15)18-12-14-8-11-23-19-9-4-5-10-20(19)17(18)13-16(14)19/h1-3,6-8,16-18H,4-5,9-13H2/t16-,17+,18?,19?/m1/s1. The summed E-state index contributed by atoms with van der Waals surface area (Å²) < 4.78 is 33.0. The molecule has 1 spiro atoms. The molecule has 2 bridgehead atoms. The number of ether oxygens (including phenoxy) is 1. The summed E-state index contributed by atoms with van der Waals surface area (Å²) in [4.78, 5) is 2.88. The lowest BCUT2D eigenvalue weighted by Crippen LogP contribution is -2.56. The first-order valence-corrected chi connectivity index (χ1v) is 10.6. The van der Waals surface area contributed by atoms with Gasteiger partial charge in [0.25, 0.3) is 0 Å². The van der Waals surface area contributed by atoms with E-state index in [1.807, 2.05) is 18.2 Å². The van der Waals surface area contributed by atoms with Crippen molar-refractivity contribution in [3.05, 3.63) is 42.0 Å². The normalized spacial score (nSPS) is 38.5. The largest absolute Gasteiger partial charge is 0.356 e. The Kier molecular flexibility index (Phi) is 3.25. The molecule has 2 saturated heterocycles. The fourth-order valence-electron chi connectivity index (χ4n) is 5.55. The van der Waals surface area contributed by atoms with Gasteiger partial charge in [-0.25, -0.2) is 8.42 Å². The molecule has 3 heterocycles. The zero-order valence-electron chi connectivity index (χ0n) is 13.7. The highest BCUT2D eigenvalue weighted by molar-refractivity contribution is 7.92. The van der Waals surface area contributed by atoms with Gasteiger partial charge in [0.1, 0.15) is 5.72 Å². The van der Waals surface area contributed by atoms with E-state index < -0.39 is 9.84 Å². The van der Waals surface area contributed by atoms with Gasteiger partial charge in [-0.1, -0.05) is 29.8 Å². The number of sulfone groups is 1. The van der Waals surface area contributed by atoms with Crippen molar-refractivity contribution in [3.8, 4) is 0 Å². The number of piperidine rings is 1. The van der Waals surface area contributed by atoms with Crippen LogP contribution in [0.2, 0.25) is 0 Å². The van der Waals surface area contributed by atoms with Crippen LogP contribution in [0.4, 0.5) is 0 Å². The Bertz CT molecular complexity index is 788. The van der Waals surface area contributed by atoms with Crippen LogP contribution in [0.15, 0.2) is 46.9 Å². The van der Waals surface area contributed by atoms with Crippen LogP contribution in [0, 0.1) is 5.92 Å². The third-order valence-electron chi connectivity index (χ3n) is 6.55. The van der Waals surface area contributed by atoms with Gasteiger partial charge in [0.05, 0.1) is 16.8 Å². The Morgan fingerprint density at radius 3 is 2.83 bits per heavy atom. The van der Waals surface area contributed by atoms with E-state index in [9.17, 15) is 8.42 Å². The molecular formula is C19H23NO3S. The molecule has 4 aliphatic rings. The monoisotopic (exact) mass is 345 g/mol. The zero-order valence-corrected chi connectivity index (χ0v) is 14.5. The van der Waals surface area contributed by atoms with Gasteiger partial charge < -0.3 is 4.74 Å². The number of hydrogen-bond donors (Lipinski definition) is 0. The highest BCUT2D eigenvalue weighted by atomic mass is 32.2. The lowest BCUT2D eigenvalue weighted by Gasteiger charge is -2.47. The highest BCUT2D eigenvalue weighted by Crippen LogP contribution is 2.57. The molecular weight excluding hydrogens is 322 g/mol. The maximum Gasteiger partial charge on any atom is 0.183 e. The first-order chi connectivity index (χ1) is 11.6. The lowest BCUT2D eigenvalue weighted by molar-refractivity contribution is -0.174. The Balaban J connectivity index is 1.60. The van der Waals surface area contributed by atoms with Crippen molar-refractivity contribution < 1.29 is 13.2 Å². The first-order valence-electron chi connectivity index (χ1n) is 9.01. The maximum absolute atomic E-state index is 13.3. The third kappa shape index (κ3) is 1.89. The van der Waals surface area contributed by atoms with Crippen LogP contribution in [0.5, 0.6) is 0 Å². The minimum Gasteiger partial charge on any atom is -0.356 e. The topological polar surface area (TPSA) is 46.6 Å². The van der Waals surface area contributed by atoms with Gasteiger partial charge in [-0.2, -0.15) is 0 Å². The number of fused-ring (bicyclic) bond motifs is 2. The molecule has 3 aliphatic heterocycles. The molecule has 5 rings (SSSR count). The van der Waals surface area contributed by atoms with Crippen molar-refractivity contribution in [1.29, 1.82) is 0 Å². The van der Waals surface area contributed by atoms with Gasteiger partial charge in [-0.15, -0.1) is 0 Å². The second-order valence-corrected chi connectivity index (χ2v) is 9.71. The summed E-state index contributed by atoms with van der Waals surface area (Å²) in [5.74, 6) is 0.402. The van der Waals surface area contributed by atoms with Gasteiger partial charge in [0.15, 0.2) is 9.84 Å². The maximum atomic E-state index is 13.3. The Labute approximate surface area is 143 Å². The second kappa shape index (κ2) is 5.16. The molecule has 1 aromatic rings. The molecule has 1 aliphatic carbocycles. The number of hydrogen-bond acceptors (Lipinski definition) is 4. The van der Waals surface area contributed by atoms with E-state index in [0.29, 0.717) is 23.8 Å². The molecule has 5 heteroatoms. The van der Waals surface area contributed by atoms with Crippen molar-refractivity contribution in [2.24, 2.45) is 5.92 Å². The van der Waals surface area contributed by atoms with E-state index in [0.717, 1.165) is 25.8 Å². The van der Waals surface area contributed by atoms with Crippen molar-refractivity contribution in [1.82, 2.24) is 4.90 Å². The average Bonchev–Trinajstić information content (AvgIpc) is 2.94. The van der Waals surface area contributed by atoms with Crippen LogP contribution in [0.1, 0.15) is 32.1 Å². The predicted octanol–water partition coefficient (Wildman–Crippen LogP) is 2.76. The van der Waals surface area contributed by atoms with E-state index in [2.05, 4.69) is 11.0 Å². The quantitative estimate of drug-likeness (QED) is 0.773. The van der Waals surface area contributed by atoms with Gasteiger partial charge in [-0.3, -0.25) is 4.90 Å². The number of benzene rings is 1. The molecule has 1 saturated carbocycles. The summed E-state index contributed by atoms with van der Waals surface area (Å²) in [6.07, 6.45) is 7.13. The number of nitrogens with zero attached hydrogens (tertiary/aromatic N) is 1. The first kappa shape index (κ1) is 15.1. The molecule has 24 heavy (non-hydrogen) atoms. The smallest absolute Gasteiger partial charge is 0.183 e. The van der Waals surface area contributed by atoms with Crippen LogP contribution >= 0.6 is 0 Å². The predicted molar refractivity (Wildman–Crippen MR) is 91.3 cm³/mol. The van der Waals surface area contributed by atoms with E-state index in [1.54, 1.807) is 12.1 Å². The minimum atomic E-state index is -3.33. The molecule has 4 nitrogen and oxygen atoms in total. The molecule has 1 aromatic carbocycles. The van der Waals surface area contributed by atoms with Crippen LogP contribution in [0.25, 0.3) is 0 Å². The van der Waals surface area contributed by atoms with Crippen molar-refractivity contribution in [2.75, 3.05) is 13.2 Å². The number of rotatable bonds is 2. The van der Waals surface area contributed by atoms with Crippen LogP contribution < -0.4 is 0 Å². The summed E-state index contributed by atoms with van der Waals surface area (Å²) >= 11 is 0. The Hall–Kier alpha value is -1.17. The van der Waals surface area contributed by atoms with Crippen LogP contribution in [-0.2, 0) is 14.6 Å². The lowest BCUT2D eigenvalue weighted by atomic mass is 9.77. The fourth-order valence-corrected chi connectivity index (χ4v) is 7.52. The summed E-state index contributed by atoms with van der Waals surface area (Å²) in [5.41, 5.74) is 1.11. The summed E-state index contributed by atoms with van der Waals surface area (Å²) in [5, 5.41) is -0.343. The molecule has 128 valence electrons. The molecule has 4 atom stereocenters. The molecule has 0 radical (unpaired) electrons. The third-order valence-corrected chi connectivity index (χ3v) is 8.76. The zero-order chi connectivity index (χ0) is 16.4. The summed E-state index contributed by atoms with van der Waals surface area (Å²) in [7, 11) is -3.33. The van der Waals surface area contributed by atoms with Gasteiger partial charge in [0.2, 0.25) is 0 Å². The van der Waals surface area contributed by atoms with Crippen LogP contribution in [-0.4, -0.2) is 43.5 Å². The van der Waals surface area contributed by atoms with E-state index in [1.165, 1.54) is 12.0 Å². The summed E-state index contributed by atoms with van der Waals surface area (Å²) in [6.45, 7) is 1.60.